The third kappa shape index (κ3) is 4.80. The molecular formula is C15H22N2O2S. The molecule has 1 saturated carbocycles. The molecule has 110 valence electrons. The summed E-state index contributed by atoms with van der Waals surface area (Å²) in [5.41, 5.74) is 2.26. The molecule has 0 bridgehead atoms. The van der Waals surface area contributed by atoms with Gasteiger partial charge >= 0.3 is 5.97 Å². The van der Waals surface area contributed by atoms with Crippen molar-refractivity contribution in [2.24, 2.45) is 0 Å². The third-order valence-corrected chi connectivity index (χ3v) is 4.18. The maximum atomic E-state index is 11.7. The molecule has 0 aromatic carbocycles. The first-order valence-electron chi connectivity index (χ1n) is 7.00. The van der Waals surface area contributed by atoms with E-state index in [4.69, 9.17) is 4.74 Å². The Balaban J connectivity index is 1.83. The number of nitrogens with zero attached hydrogens (tertiary/aromatic N) is 1. The fourth-order valence-corrected chi connectivity index (χ4v) is 3.15. The summed E-state index contributed by atoms with van der Waals surface area (Å²) in [6, 6.07) is 4.46. The molecule has 0 aliphatic heterocycles. The number of thioether (sulfide) groups is 1. The molecular weight excluding hydrogens is 272 g/mol. The van der Waals surface area contributed by atoms with Crippen molar-refractivity contribution in [1.82, 2.24) is 10.3 Å². The van der Waals surface area contributed by atoms with Crippen LogP contribution in [0.4, 0.5) is 0 Å². The molecule has 0 saturated heterocycles. The lowest BCUT2D eigenvalue weighted by atomic mass is 10.2. The standard InChI is InChI=1S/C15H22N2O2S/c1-10-8-11(2)16-14(9-10)20-7-6-13(15(18)19-3)17-12-4-5-12/h8-9,12-13,17H,4-7H2,1-3H3. The number of methoxy groups -OCH3 is 1. The Bertz CT molecular complexity index is 455. The van der Waals surface area contributed by atoms with Crippen LogP contribution in [0, 0.1) is 13.8 Å². The number of aromatic nitrogens is 1. The summed E-state index contributed by atoms with van der Waals surface area (Å²) in [5.74, 6) is 0.695. The zero-order valence-electron chi connectivity index (χ0n) is 12.3. The van der Waals surface area contributed by atoms with E-state index >= 15 is 0 Å². The van der Waals surface area contributed by atoms with E-state index in [1.165, 1.54) is 25.5 Å². The minimum Gasteiger partial charge on any atom is -0.468 e. The van der Waals surface area contributed by atoms with E-state index in [1.807, 2.05) is 6.92 Å². The Hall–Kier alpha value is -1.07. The fraction of sp³-hybridized carbons (Fsp3) is 0.600. The number of carbonyl (C=O) groups is 1. The van der Waals surface area contributed by atoms with E-state index in [2.05, 4.69) is 29.4 Å². The van der Waals surface area contributed by atoms with Gasteiger partial charge in [-0.2, -0.15) is 0 Å². The highest BCUT2D eigenvalue weighted by Crippen LogP contribution is 2.22. The summed E-state index contributed by atoms with van der Waals surface area (Å²) >= 11 is 1.69. The average Bonchev–Trinajstić information content (AvgIpc) is 3.19. The van der Waals surface area contributed by atoms with E-state index < -0.39 is 0 Å². The molecule has 1 aromatic heterocycles. The largest absolute Gasteiger partial charge is 0.468 e. The highest BCUT2D eigenvalue weighted by atomic mass is 32.2. The highest BCUT2D eigenvalue weighted by Gasteiger charge is 2.28. The number of esters is 1. The second kappa shape index (κ2) is 7.09. The van der Waals surface area contributed by atoms with Crippen molar-refractivity contribution >= 4 is 17.7 Å². The average molecular weight is 294 g/mol. The predicted octanol–water partition coefficient (Wildman–Crippen LogP) is 2.47. The molecule has 0 amide bonds. The van der Waals surface area contributed by atoms with Crippen LogP contribution in [0.3, 0.4) is 0 Å². The number of carbonyl (C=O) groups excluding carboxylic acids is 1. The zero-order valence-corrected chi connectivity index (χ0v) is 13.1. The Labute approximate surface area is 124 Å². The predicted molar refractivity (Wildman–Crippen MR) is 81.0 cm³/mol. The van der Waals surface area contributed by atoms with Gasteiger partial charge in [-0.15, -0.1) is 11.8 Å². The first-order chi connectivity index (χ1) is 9.58. The lowest BCUT2D eigenvalue weighted by Gasteiger charge is -2.15. The summed E-state index contributed by atoms with van der Waals surface area (Å²) in [6.07, 6.45) is 3.10. The van der Waals surface area contributed by atoms with E-state index in [1.54, 1.807) is 11.8 Å². The molecule has 0 radical (unpaired) electrons. The smallest absolute Gasteiger partial charge is 0.322 e. The molecule has 1 aliphatic rings. The van der Waals surface area contributed by atoms with E-state index in [0.29, 0.717) is 6.04 Å². The van der Waals surface area contributed by atoms with Crippen LogP contribution in [0.15, 0.2) is 17.2 Å². The van der Waals surface area contributed by atoms with E-state index in [0.717, 1.165) is 22.9 Å². The van der Waals surface area contributed by atoms with Gasteiger partial charge in [0.25, 0.3) is 0 Å². The summed E-state index contributed by atoms with van der Waals surface area (Å²) in [7, 11) is 1.45. The molecule has 0 spiro atoms. The first-order valence-corrected chi connectivity index (χ1v) is 7.99. The van der Waals surface area contributed by atoms with Gasteiger partial charge in [0.05, 0.1) is 12.1 Å². The minimum absolute atomic E-state index is 0.161. The van der Waals surface area contributed by atoms with Crippen molar-refractivity contribution < 1.29 is 9.53 Å². The van der Waals surface area contributed by atoms with Crippen molar-refractivity contribution in [2.45, 2.75) is 50.2 Å². The fourth-order valence-electron chi connectivity index (χ4n) is 2.11. The van der Waals surface area contributed by atoms with Crippen LogP contribution in [0.2, 0.25) is 0 Å². The molecule has 1 unspecified atom stereocenters. The van der Waals surface area contributed by atoms with Crippen LogP contribution in [0.25, 0.3) is 0 Å². The molecule has 20 heavy (non-hydrogen) atoms. The molecule has 1 fully saturated rings. The maximum Gasteiger partial charge on any atom is 0.322 e. The number of aryl methyl sites for hydroxylation is 2. The van der Waals surface area contributed by atoms with Gasteiger partial charge < -0.3 is 10.1 Å². The van der Waals surface area contributed by atoms with Gasteiger partial charge in [-0.1, -0.05) is 0 Å². The molecule has 1 aromatic rings. The summed E-state index contributed by atoms with van der Waals surface area (Å²) in [5, 5.41) is 4.37. The molecule has 1 aliphatic carbocycles. The second-order valence-corrected chi connectivity index (χ2v) is 6.39. The Morgan fingerprint density at radius 1 is 1.50 bits per heavy atom. The molecule has 1 N–H and O–H groups in total. The topological polar surface area (TPSA) is 51.2 Å². The van der Waals surface area contributed by atoms with Gasteiger partial charge in [0.2, 0.25) is 0 Å². The zero-order chi connectivity index (χ0) is 14.5. The molecule has 4 nitrogen and oxygen atoms in total. The number of rotatable bonds is 7. The summed E-state index contributed by atoms with van der Waals surface area (Å²) in [4.78, 5) is 16.2. The van der Waals surface area contributed by atoms with Crippen LogP contribution in [-0.2, 0) is 9.53 Å². The molecule has 5 heteroatoms. The second-order valence-electron chi connectivity index (χ2n) is 5.28. The van der Waals surface area contributed by atoms with Crippen molar-refractivity contribution in [3.8, 4) is 0 Å². The van der Waals surface area contributed by atoms with Crippen LogP contribution < -0.4 is 5.32 Å². The highest BCUT2D eigenvalue weighted by molar-refractivity contribution is 7.99. The number of ether oxygens (including phenoxy) is 1. The van der Waals surface area contributed by atoms with Crippen molar-refractivity contribution in [1.29, 1.82) is 0 Å². The van der Waals surface area contributed by atoms with Crippen LogP contribution in [0.5, 0.6) is 0 Å². The summed E-state index contributed by atoms with van der Waals surface area (Å²) in [6.45, 7) is 4.08. The number of nitrogens with one attached hydrogen (secondary N) is 1. The Morgan fingerprint density at radius 2 is 2.25 bits per heavy atom. The van der Waals surface area contributed by atoms with Crippen LogP contribution in [0.1, 0.15) is 30.5 Å². The normalized spacial score (nSPS) is 15.9. The van der Waals surface area contributed by atoms with Crippen LogP contribution in [-0.4, -0.2) is 35.9 Å². The molecule has 1 atom stereocenters. The van der Waals surface area contributed by atoms with Crippen molar-refractivity contribution in [3.05, 3.63) is 23.4 Å². The van der Waals surface area contributed by atoms with Gasteiger partial charge in [-0.05, 0) is 50.8 Å². The van der Waals surface area contributed by atoms with Crippen molar-refractivity contribution in [2.75, 3.05) is 12.9 Å². The van der Waals surface area contributed by atoms with Crippen molar-refractivity contribution in [3.63, 3.8) is 0 Å². The lowest BCUT2D eigenvalue weighted by molar-refractivity contribution is -0.143. The Morgan fingerprint density at radius 3 is 2.85 bits per heavy atom. The quantitative estimate of drug-likeness (QED) is 0.618. The summed E-state index contributed by atoms with van der Waals surface area (Å²) < 4.78 is 4.86. The van der Waals surface area contributed by atoms with Gasteiger partial charge in [-0.3, -0.25) is 4.79 Å². The first kappa shape index (κ1) is 15.3. The SMILES string of the molecule is COC(=O)C(CCSc1cc(C)cc(C)n1)NC1CC1. The van der Waals surface area contributed by atoms with Gasteiger partial charge in [0.1, 0.15) is 6.04 Å². The molecule has 2 rings (SSSR count). The minimum atomic E-state index is -0.189. The van der Waals surface area contributed by atoms with E-state index in [9.17, 15) is 4.79 Å². The van der Waals surface area contributed by atoms with Gasteiger partial charge in [0.15, 0.2) is 0 Å². The maximum absolute atomic E-state index is 11.7. The molecule has 1 heterocycles. The number of hydrogen-bond donors (Lipinski definition) is 1. The van der Waals surface area contributed by atoms with E-state index in [-0.39, 0.29) is 12.0 Å². The third-order valence-electron chi connectivity index (χ3n) is 3.23. The van der Waals surface area contributed by atoms with Crippen LogP contribution >= 0.6 is 11.8 Å². The van der Waals surface area contributed by atoms with Gasteiger partial charge in [-0.25, -0.2) is 4.98 Å². The van der Waals surface area contributed by atoms with Gasteiger partial charge in [0, 0.05) is 17.5 Å². The number of hydrogen-bond acceptors (Lipinski definition) is 5. The monoisotopic (exact) mass is 294 g/mol. The number of pyridine rings is 1. The lowest BCUT2D eigenvalue weighted by Crippen LogP contribution is -2.39. The Kier molecular flexibility index (Phi) is 5.43.